The number of benzene rings is 2. The van der Waals surface area contributed by atoms with Crippen molar-refractivity contribution in [1.82, 2.24) is 15.5 Å². The number of nitrogens with zero attached hydrogens (tertiary/aromatic N) is 1. The van der Waals surface area contributed by atoms with E-state index in [9.17, 15) is 19.5 Å². The molecule has 8 nitrogen and oxygen atoms in total. The fourth-order valence-electron chi connectivity index (χ4n) is 4.43. The highest BCUT2D eigenvalue weighted by Crippen LogP contribution is 2.28. The second-order valence-electron chi connectivity index (χ2n) is 11.3. The van der Waals surface area contributed by atoms with Gasteiger partial charge in [-0.25, -0.2) is 4.79 Å². The maximum Gasteiger partial charge on any atom is 0.408 e. The summed E-state index contributed by atoms with van der Waals surface area (Å²) < 4.78 is 5.36. The first-order chi connectivity index (χ1) is 18.9. The molecule has 0 aliphatic carbocycles. The van der Waals surface area contributed by atoms with E-state index in [0.717, 1.165) is 37.7 Å². The van der Waals surface area contributed by atoms with Crippen LogP contribution in [0.1, 0.15) is 95.9 Å². The fraction of sp³-hybridized carbons (Fsp3) is 0.531. The summed E-state index contributed by atoms with van der Waals surface area (Å²) in [7, 11) is 0. The third-order valence-corrected chi connectivity index (χ3v) is 6.55. The summed E-state index contributed by atoms with van der Waals surface area (Å²) in [6.45, 7) is 11.4. The second-order valence-corrected chi connectivity index (χ2v) is 11.3. The van der Waals surface area contributed by atoms with E-state index in [1.54, 1.807) is 51.7 Å². The molecule has 0 aliphatic heterocycles. The first-order valence-corrected chi connectivity index (χ1v) is 14.3. The lowest BCUT2D eigenvalue weighted by atomic mass is 9.99. The van der Waals surface area contributed by atoms with E-state index in [-0.39, 0.29) is 17.6 Å². The number of carbonyl (C=O) groups is 3. The summed E-state index contributed by atoms with van der Waals surface area (Å²) in [4.78, 5) is 41.7. The predicted octanol–water partition coefficient (Wildman–Crippen LogP) is 6.16. The molecule has 2 unspecified atom stereocenters. The molecule has 0 saturated heterocycles. The number of carbonyl (C=O) groups excluding carboxylic acids is 3. The minimum atomic E-state index is -0.950. The molecule has 0 saturated carbocycles. The lowest BCUT2D eigenvalue weighted by Crippen LogP contribution is -2.52. The first-order valence-electron chi connectivity index (χ1n) is 14.3. The van der Waals surface area contributed by atoms with Gasteiger partial charge in [-0.2, -0.15) is 0 Å². The van der Waals surface area contributed by atoms with E-state index in [4.69, 9.17) is 4.74 Å². The molecule has 0 heterocycles. The van der Waals surface area contributed by atoms with Crippen LogP contribution >= 0.6 is 0 Å². The van der Waals surface area contributed by atoms with E-state index in [2.05, 4.69) is 17.6 Å². The van der Waals surface area contributed by atoms with Gasteiger partial charge in [-0.05, 0) is 69.9 Å². The fourth-order valence-corrected chi connectivity index (χ4v) is 4.43. The number of hydrogen-bond donors (Lipinski definition) is 3. The van der Waals surface area contributed by atoms with E-state index >= 15 is 0 Å². The molecule has 0 aromatic heterocycles. The van der Waals surface area contributed by atoms with Gasteiger partial charge in [0.05, 0.1) is 0 Å². The molecule has 2 aromatic rings. The smallest absolute Gasteiger partial charge is 0.408 e. The molecule has 40 heavy (non-hydrogen) atoms. The molecule has 0 radical (unpaired) electrons. The highest BCUT2D eigenvalue weighted by Gasteiger charge is 2.34. The lowest BCUT2D eigenvalue weighted by molar-refractivity contribution is -0.142. The van der Waals surface area contributed by atoms with Crippen LogP contribution in [0.25, 0.3) is 0 Å². The number of unbranched alkanes of at least 4 members (excludes halogenated alkanes) is 5. The predicted molar refractivity (Wildman–Crippen MR) is 158 cm³/mol. The zero-order valence-electron chi connectivity index (χ0n) is 25.0. The Balaban J connectivity index is 2.37. The van der Waals surface area contributed by atoms with Gasteiger partial charge in [-0.15, -0.1) is 0 Å². The topological polar surface area (TPSA) is 108 Å². The standard InChI is InChI=1S/C32H47N3O5/c1-7-8-9-10-11-15-20-35(30(38)24(3)34-31(39)40-32(4,5)6)28(26-18-19-27(36)23(2)21-26)29(37)33-22-25-16-13-12-14-17-25/h12-14,16-19,21,24,28,36H,7-11,15,20,22H2,1-6H3,(H,33,37)(H,34,39). The van der Waals surface area contributed by atoms with Crippen molar-refractivity contribution >= 4 is 17.9 Å². The van der Waals surface area contributed by atoms with Gasteiger partial charge in [-0.1, -0.05) is 75.4 Å². The number of phenols is 1. The largest absolute Gasteiger partial charge is 0.508 e. The number of amides is 3. The van der Waals surface area contributed by atoms with Gasteiger partial charge < -0.3 is 25.4 Å². The Morgan fingerprint density at radius 3 is 2.25 bits per heavy atom. The van der Waals surface area contributed by atoms with Crippen molar-refractivity contribution in [2.75, 3.05) is 6.54 Å². The summed E-state index contributed by atoms with van der Waals surface area (Å²) in [6, 6.07) is 12.6. The zero-order valence-corrected chi connectivity index (χ0v) is 25.0. The Morgan fingerprint density at radius 1 is 0.975 bits per heavy atom. The molecule has 2 aromatic carbocycles. The van der Waals surface area contributed by atoms with Crippen LogP contribution in [-0.4, -0.2) is 46.1 Å². The van der Waals surface area contributed by atoms with Crippen molar-refractivity contribution in [3.8, 4) is 5.75 Å². The molecule has 3 amide bonds. The Labute approximate surface area is 239 Å². The van der Waals surface area contributed by atoms with Gasteiger partial charge >= 0.3 is 6.09 Å². The number of phenolic OH excluding ortho intramolecular Hbond substituents is 1. The van der Waals surface area contributed by atoms with Crippen LogP contribution in [-0.2, 0) is 20.9 Å². The summed E-state index contributed by atoms with van der Waals surface area (Å²) in [5.74, 6) is -0.608. The van der Waals surface area contributed by atoms with Gasteiger partial charge in [-0.3, -0.25) is 9.59 Å². The Hall–Kier alpha value is -3.55. The quantitative estimate of drug-likeness (QED) is 0.243. The molecule has 2 atom stereocenters. The number of aryl methyl sites for hydroxylation is 1. The average Bonchev–Trinajstić information content (AvgIpc) is 2.89. The van der Waals surface area contributed by atoms with E-state index in [0.29, 0.717) is 30.6 Å². The minimum absolute atomic E-state index is 0.112. The molecular weight excluding hydrogens is 506 g/mol. The van der Waals surface area contributed by atoms with Crippen LogP contribution in [0.3, 0.4) is 0 Å². The summed E-state index contributed by atoms with van der Waals surface area (Å²) >= 11 is 0. The zero-order chi connectivity index (χ0) is 29.7. The molecule has 0 fully saturated rings. The van der Waals surface area contributed by atoms with Gasteiger partial charge in [0.2, 0.25) is 11.8 Å². The molecule has 220 valence electrons. The van der Waals surface area contributed by atoms with Crippen LogP contribution in [0.4, 0.5) is 4.79 Å². The van der Waals surface area contributed by atoms with Gasteiger partial charge in [0.1, 0.15) is 23.4 Å². The normalized spacial score (nSPS) is 12.8. The van der Waals surface area contributed by atoms with Crippen molar-refractivity contribution in [3.05, 3.63) is 65.2 Å². The summed E-state index contributed by atoms with van der Waals surface area (Å²) in [5, 5.41) is 15.8. The number of hydrogen-bond acceptors (Lipinski definition) is 5. The number of nitrogens with one attached hydrogen (secondary N) is 2. The molecular formula is C32H47N3O5. The summed E-state index contributed by atoms with van der Waals surface area (Å²) in [6.07, 6.45) is 5.42. The van der Waals surface area contributed by atoms with Crippen molar-refractivity contribution in [2.24, 2.45) is 0 Å². The van der Waals surface area contributed by atoms with E-state index in [1.807, 2.05) is 30.3 Å². The van der Waals surface area contributed by atoms with Crippen molar-refractivity contribution < 1.29 is 24.2 Å². The number of ether oxygens (including phenoxy) is 1. The van der Waals surface area contributed by atoms with Crippen molar-refractivity contribution in [1.29, 1.82) is 0 Å². The first kappa shape index (κ1) is 32.7. The Bertz CT molecular complexity index is 1100. The van der Waals surface area contributed by atoms with Crippen LogP contribution in [0.15, 0.2) is 48.5 Å². The molecule has 0 spiro atoms. The van der Waals surface area contributed by atoms with Crippen molar-refractivity contribution in [3.63, 3.8) is 0 Å². The van der Waals surface area contributed by atoms with Gasteiger partial charge in [0.25, 0.3) is 0 Å². The van der Waals surface area contributed by atoms with Crippen LogP contribution in [0, 0.1) is 6.92 Å². The van der Waals surface area contributed by atoms with E-state index < -0.39 is 23.8 Å². The molecule has 0 aliphatic rings. The average molecular weight is 554 g/mol. The Kier molecular flexibility index (Phi) is 13.0. The lowest BCUT2D eigenvalue weighted by Gasteiger charge is -2.34. The maximum atomic E-state index is 13.9. The van der Waals surface area contributed by atoms with Crippen LogP contribution < -0.4 is 10.6 Å². The summed E-state index contributed by atoms with van der Waals surface area (Å²) in [5.41, 5.74) is 1.41. The second kappa shape index (κ2) is 15.9. The monoisotopic (exact) mass is 553 g/mol. The van der Waals surface area contributed by atoms with Gasteiger partial charge in [0, 0.05) is 13.1 Å². The highest BCUT2D eigenvalue weighted by atomic mass is 16.6. The maximum absolute atomic E-state index is 13.9. The third kappa shape index (κ3) is 10.9. The number of alkyl carbamates (subject to hydrolysis) is 1. The van der Waals surface area contributed by atoms with E-state index in [1.165, 1.54) is 6.07 Å². The number of aromatic hydroxyl groups is 1. The van der Waals surface area contributed by atoms with Gasteiger partial charge in [0.15, 0.2) is 0 Å². The molecule has 0 bridgehead atoms. The van der Waals surface area contributed by atoms with Crippen LogP contribution in [0.2, 0.25) is 0 Å². The van der Waals surface area contributed by atoms with Crippen molar-refractivity contribution in [2.45, 2.75) is 104 Å². The highest BCUT2D eigenvalue weighted by molar-refractivity contribution is 5.92. The molecule has 8 heteroatoms. The van der Waals surface area contributed by atoms with Crippen LogP contribution in [0.5, 0.6) is 5.75 Å². The number of rotatable bonds is 14. The Morgan fingerprint density at radius 2 is 1.62 bits per heavy atom. The third-order valence-electron chi connectivity index (χ3n) is 6.55. The minimum Gasteiger partial charge on any atom is -0.508 e. The molecule has 2 rings (SSSR count). The molecule has 3 N–H and O–H groups in total. The SMILES string of the molecule is CCCCCCCCN(C(=O)C(C)NC(=O)OC(C)(C)C)C(C(=O)NCc1ccccc1)c1ccc(O)c(C)c1.